The third-order valence-corrected chi connectivity index (χ3v) is 4.47. The highest BCUT2D eigenvalue weighted by Crippen LogP contribution is 2.43. The van der Waals surface area contributed by atoms with E-state index >= 15 is 0 Å². The normalized spacial score (nSPS) is 13.2. The van der Waals surface area contributed by atoms with Crippen LogP contribution in [0, 0.1) is 13.8 Å². The summed E-state index contributed by atoms with van der Waals surface area (Å²) in [4.78, 5) is 0. The van der Waals surface area contributed by atoms with Gasteiger partial charge in [0.25, 0.3) is 0 Å². The van der Waals surface area contributed by atoms with Gasteiger partial charge < -0.3 is 0 Å². The highest BCUT2D eigenvalue weighted by atomic mass is 14.3. The molecule has 0 saturated carbocycles. The molecule has 2 aromatic carbocycles. The van der Waals surface area contributed by atoms with E-state index in [-0.39, 0.29) is 0 Å². The Kier molecular flexibility index (Phi) is 5.45. The van der Waals surface area contributed by atoms with E-state index in [1.807, 2.05) is 27.7 Å². The Morgan fingerprint density at radius 3 is 0.955 bits per heavy atom. The molecule has 22 heavy (non-hydrogen) atoms. The Hall–Kier alpha value is -1.56. The van der Waals surface area contributed by atoms with Crippen LogP contribution in [-0.2, 0) is 25.7 Å². The minimum absolute atomic E-state index is 1.22. The Bertz CT molecular complexity index is 552. The first kappa shape index (κ1) is 16.8. The zero-order valence-corrected chi connectivity index (χ0v) is 15.1. The van der Waals surface area contributed by atoms with Crippen molar-refractivity contribution in [2.45, 2.75) is 67.2 Å². The van der Waals surface area contributed by atoms with Crippen molar-refractivity contribution in [2.75, 3.05) is 0 Å². The van der Waals surface area contributed by atoms with Crippen molar-refractivity contribution in [2.24, 2.45) is 0 Å². The van der Waals surface area contributed by atoms with E-state index in [1.54, 1.807) is 33.4 Å². The van der Waals surface area contributed by atoms with Crippen LogP contribution in [0.3, 0.4) is 0 Å². The molecule has 0 radical (unpaired) electrons. The summed E-state index contributed by atoms with van der Waals surface area (Å²) >= 11 is 0. The second-order valence-corrected chi connectivity index (χ2v) is 5.92. The summed E-state index contributed by atoms with van der Waals surface area (Å²) in [5.41, 5.74) is 12.4. The van der Waals surface area contributed by atoms with Crippen molar-refractivity contribution in [3.63, 3.8) is 0 Å². The fourth-order valence-electron chi connectivity index (χ4n) is 3.85. The van der Waals surface area contributed by atoms with Crippen LogP contribution in [-0.4, -0.2) is 0 Å². The molecular formula is C22H30. The number of benzene rings is 2. The minimum Gasteiger partial charge on any atom is -0.0683 e. The molecule has 4 rings (SSSR count). The van der Waals surface area contributed by atoms with Gasteiger partial charge in [0.05, 0.1) is 0 Å². The summed E-state index contributed by atoms with van der Waals surface area (Å²) in [7, 11) is 0. The zero-order valence-electron chi connectivity index (χ0n) is 15.1. The van der Waals surface area contributed by atoms with Crippen molar-refractivity contribution in [1.29, 1.82) is 0 Å². The van der Waals surface area contributed by atoms with Gasteiger partial charge in [0.2, 0.25) is 0 Å². The van der Waals surface area contributed by atoms with Crippen LogP contribution < -0.4 is 0 Å². The molecule has 118 valence electrons. The highest BCUT2D eigenvalue weighted by Gasteiger charge is 2.25. The molecule has 0 aromatic heterocycles. The smallest absolute Gasteiger partial charge is 0.0114 e. The van der Waals surface area contributed by atoms with Crippen molar-refractivity contribution >= 4 is 0 Å². The van der Waals surface area contributed by atoms with Gasteiger partial charge in [-0.25, -0.2) is 0 Å². The third kappa shape index (κ3) is 2.84. The molecule has 2 aliphatic rings. The van der Waals surface area contributed by atoms with Crippen LogP contribution in [0.5, 0.6) is 0 Å². The monoisotopic (exact) mass is 294 g/mol. The lowest BCUT2D eigenvalue weighted by Gasteiger charge is -2.30. The van der Waals surface area contributed by atoms with Crippen LogP contribution in [0.15, 0.2) is 24.3 Å². The molecule has 0 bridgehead atoms. The molecule has 0 spiro atoms. The predicted molar refractivity (Wildman–Crippen MR) is 98.9 cm³/mol. The summed E-state index contributed by atoms with van der Waals surface area (Å²) in [6.45, 7) is 12.5. The lowest BCUT2D eigenvalue weighted by atomic mass is 9.74. The molecule has 0 N–H and O–H groups in total. The van der Waals surface area contributed by atoms with Crippen LogP contribution in [0.4, 0.5) is 0 Å². The highest BCUT2D eigenvalue weighted by molar-refractivity contribution is 5.81. The lowest BCUT2D eigenvalue weighted by molar-refractivity contribution is 0.871. The van der Waals surface area contributed by atoms with E-state index in [4.69, 9.17) is 0 Å². The minimum atomic E-state index is 1.22. The molecule has 0 unspecified atom stereocenters. The average Bonchev–Trinajstić information content (AvgIpc) is 2.55. The quantitative estimate of drug-likeness (QED) is 0.541. The van der Waals surface area contributed by atoms with Crippen LogP contribution >= 0.6 is 0 Å². The van der Waals surface area contributed by atoms with Gasteiger partial charge in [-0.05, 0) is 72.9 Å². The van der Waals surface area contributed by atoms with Gasteiger partial charge in [-0.2, -0.15) is 0 Å². The van der Waals surface area contributed by atoms with Gasteiger partial charge >= 0.3 is 0 Å². The molecule has 0 saturated heterocycles. The van der Waals surface area contributed by atoms with Crippen molar-refractivity contribution in [3.05, 3.63) is 57.6 Å². The van der Waals surface area contributed by atoms with E-state index in [1.165, 1.54) is 36.8 Å². The molecule has 0 amide bonds. The first-order valence-corrected chi connectivity index (χ1v) is 8.97. The summed E-state index contributed by atoms with van der Waals surface area (Å²) in [6, 6.07) is 9.60. The second-order valence-electron chi connectivity index (χ2n) is 5.92. The summed E-state index contributed by atoms with van der Waals surface area (Å²) in [6.07, 6.45) is 4.89. The Balaban J connectivity index is 0.000000410. The van der Waals surface area contributed by atoms with E-state index in [0.29, 0.717) is 0 Å². The van der Waals surface area contributed by atoms with E-state index < -0.39 is 0 Å². The Morgan fingerprint density at radius 2 is 0.727 bits per heavy atom. The molecule has 0 heteroatoms. The number of rotatable bonds is 0. The number of aryl methyl sites for hydroxylation is 6. The fourth-order valence-corrected chi connectivity index (χ4v) is 3.85. The molecule has 0 nitrogen and oxygen atoms in total. The van der Waals surface area contributed by atoms with E-state index in [9.17, 15) is 0 Å². The molecule has 0 aliphatic heterocycles. The van der Waals surface area contributed by atoms with Crippen LogP contribution in [0.25, 0.3) is 11.1 Å². The lowest BCUT2D eigenvalue weighted by Crippen LogP contribution is -2.14. The molecule has 0 fully saturated rings. The Labute approximate surface area is 136 Å². The molecule has 0 heterocycles. The maximum Gasteiger partial charge on any atom is -0.0114 e. The molecule has 2 aliphatic carbocycles. The third-order valence-electron chi connectivity index (χ3n) is 4.47. The van der Waals surface area contributed by atoms with Crippen LogP contribution in [0.1, 0.15) is 61.1 Å². The van der Waals surface area contributed by atoms with Crippen molar-refractivity contribution < 1.29 is 0 Å². The maximum atomic E-state index is 2.40. The largest absolute Gasteiger partial charge is 0.0683 e. The van der Waals surface area contributed by atoms with Gasteiger partial charge in [0.1, 0.15) is 0 Å². The predicted octanol–water partition coefficient (Wildman–Crippen LogP) is 6.22. The van der Waals surface area contributed by atoms with Gasteiger partial charge in [0.15, 0.2) is 0 Å². The molecule has 2 aromatic rings. The maximum absolute atomic E-state index is 2.40. The number of hydrogen-bond acceptors (Lipinski definition) is 0. The van der Waals surface area contributed by atoms with Crippen LogP contribution in [0.2, 0.25) is 0 Å². The van der Waals surface area contributed by atoms with Gasteiger partial charge in [-0.3, -0.25) is 0 Å². The topological polar surface area (TPSA) is 0 Å². The number of hydrogen-bond donors (Lipinski definition) is 0. The first-order chi connectivity index (χ1) is 10.7. The van der Waals surface area contributed by atoms with Gasteiger partial charge in [0, 0.05) is 0 Å². The van der Waals surface area contributed by atoms with Gasteiger partial charge in [-0.1, -0.05) is 63.1 Å². The van der Waals surface area contributed by atoms with E-state index in [2.05, 4.69) is 38.1 Å². The second kappa shape index (κ2) is 7.13. The summed E-state index contributed by atoms with van der Waals surface area (Å²) in [5, 5.41) is 0. The van der Waals surface area contributed by atoms with Crippen molar-refractivity contribution in [3.8, 4) is 11.1 Å². The molecular weight excluding hydrogens is 264 g/mol. The zero-order chi connectivity index (χ0) is 16.3. The first-order valence-electron chi connectivity index (χ1n) is 8.97. The average molecular weight is 294 g/mol. The standard InChI is InChI=1S/C18H18.2C2H6/c1-11-7-13-3-5-15-9-12(2)10-16-6-4-14(8-11)17(13)18(15)16;2*1-2/h7-10H,3-6H2,1-2H3;2*1-2H3. The van der Waals surface area contributed by atoms with Gasteiger partial charge in [-0.15, -0.1) is 0 Å². The Morgan fingerprint density at radius 1 is 0.500 bits per heavy atom. The van der Waals surface area contributed by atoms with E-state index in [0.717, 1.165) is 0 Å². The van der Waals surface area contributed by atoms with Crippen molar-refractivity contribution in [1.82, 2.24) is 0 Å². The SMILES string of the molecule is CC.CC.Cc1cc2c3c(c1)CCc1cc(C)cc(c1-3)CC2. The summed E-state index contributed by atoms with van der Waals surface area (Å²) in [5.74, 6) is 0. The molecule has 0 atom stereocenters. The summed E-state index contributed by atoms with van der Waals surface area (Å²) < 4.78 is 0. The fraction of sp³-hybridized carbons (Fsp3) is 0.455.